The molecule has 3 rings (SSSR count). The quantitative estimate of drug-likeness (QED) is 0.530. The molecule has 0 aliphatic carbocycles. The zero-order valence-corrected chi connectivity index (χ0v) is 18.3. The summed E-state index contributed by atoms with van der Waals surface area (Å²) in [4.78, 5) is 4.49. The molecule has 6 nitrogen and oxygen atoms in total. The summed E-state index contributed by atoms with van der Waals surface area (Å²) in [5, 5.41) is 3.30. The van der Waals surface area contributed by atoms with Crippen molar-refractivity contribution >= 4 is 21.5 Å². The summed E-state index contributed by atoms with van der Waals surface area (Å²) < 4.78 is 33.0. The molecule has 1 atom stereocenters. The summed E-state index contributed by atoms with van der Waals surface area (Å²) in [5.74, 6) is 1.44. The average Bonchev–Trinajstić information content (AvgIpc) is 2.76. The molecule has 1 unspecified atom stereocenters. The molecule has 0 radical (unpaired) electrons. The second kappa shape index (κ2) is 9.63. The van der Waals surface area contributed by atoms with Gasteiger partial charge < -0.3 is 10.1 Å². The molecule has 0 amide bonds. The third-order valence-electron chi connectivity index (χ3n) is 4.71. The van der Waals surface area contributed by atoms with Crippen molar-refractivity contribution in [3.63, 3.8) is 0 Å². The number of ether oxygens (including phenoxy) is 1. The molecule has 158 valence electrons. The minimum Gasteiger partial charge on any atom is -0.494 e. The zero-order chi connectivity index (χ0) is 21.6. The number of pyridine rings is 1. The fraction of sp³-hybridized carbons (Fsp3) is 0.261. The average molecular weight is 426 g/mol. The number of aromatic nitrogens is 1. The summed E-state index contributed by atoms with van der Waals surface area (Å²) >= 11 is 0. The van der Waals surface area contributed by atoms with Crippen molar-refractivity contribution in [2.24, 2.45) is 0 Å². The molecule has 0 aliphatic heterocycles. The van der Waals surface area contributed by atoms with Crippen molar-refractivity contribution in [3.05, 3.63) is 78.5 Å². The Morgan fingerprint density at radius 3 is 2.27 bits per heavy atom. The normalized spacial score (nSPS) is 12.2. The second-order valence-electron chi connectivity index (χ2n) is 6.75. The van der Waals surface area contributed by atoms with E-state index in [1.807, 2.05) is 63.2 Å². The first kappa shape index (κ1) is 21.6. The molecule has 7 heteroatoms. The maximum atomic E-state index is 13.1. The Kier molecular flexibility index (Phi) is 6.95. The van der Waals surface area contributed by atoms with Gasteiger partial charge in [0.1, 0.15) is 16.5 Å². The number of benzene rings is 2. The van der Waals surface area contributed by atoms with Crippen LogP contribution >= 0.6 is 0 Å². The Balaban J connectivity index is 1.73. The van der Waals surface area contributed by atoms with E-state index < -0.39 is 10.0 Å². The predicted octanol–water partition coefficient (Wildman–Crippen LogP) is 4.87. The molecular weight excluding hydrogens is 398 g/mol. The Morgan fingerprint density at radius 1 is 1.00 bits per heavy atom. The van der Waals surface area contributed by atoms with E-state index in [0.717, 1.165) is 11.3 Å². The van der Waals surface area contributed by atoms with Crippen molar-refractivity contribution in [1.82, 2.24) is 4.98 Å². The van der Waals surface area contributed by atoms with Crippen LogP contribution in [-0.4, -0.2) is 26.6 Å². The van der Waals surface area contributed by atoms with Gasteiger partial charge in [0.25, 0.3) is 10.0 Å². The first-order valence-corrected chi connectivity index (χ1v) is 11.4. The number of nitrogens with zero attached hydrogens (tertiary/aromatic N) is 2. The van der Waals surface area contributed by atoms with Crippen LogP contribution in [0.15, 0.2) is 77.8 Å². The van der Waals surface area contributed by atoms with Crippen molar-refractivity contribution in [3.8, 4) is 5.75 Å². The molecule has 1 aromatic heterocycles. The summed E-state index contributed by atoms with van der Waals surface area (Å²) in [6.45, 7) is 6.75. The first-order valence-electron chi connectivity index (χ1n) is 9.98. The van der Waals surface area contributed by atoms with Crippen LogP contribution in [0.4, 0.5) is 11.5 Å². The van der Waals surface area contributed by atoms with Gasteiger partial charge in [0, 0.05) is 18.8 Å². The standard InChI is InChI=1S/C23H27N3O3S/c1-4-26(20-9-7-6-8-10-20)30(27,28)22-15-16-23(24-17-22)25-18(3)19-11-13-21(14-12-19)29-5-2/h6-18H,4-5H2,1-3H3,(H,24,25). The third-order valence-corrected chi connectivity index (χ3v) is 6.60. The maximum absolute atomic E-state index is 13.1. The van der Waals surface area contributed by atoms with Crippen LogP contribution in [0.1, 0.15) is 32.4 Å². The topological polar surface area (TPSA) is 71.5 Å². The molecule has 0 saturated carbocycles. The fourth-order valence-electron chi connectivity index (χ4n) is 3.16. The molecule has 30 heavy (non-hydrogen) atoms. The van der Waals surface area contributed by atoms with Gasteiger partial charge in [-0.25, -0.2) is 13.4 Å². The second-order valence-corrected chi connectivity index (χ2v) is 8.61. The highest BCUT2D eigenvalue weighted by atomic mass is 32.2. The van der Waals surface area contributed by atoms with Gasteiger partial charge in [0.05, 0.1) is 12.3 Å². The van der Waals surface area contributed by atoms with Crippen molar-refractivity contribution in [2.75, 3.05) is 22.8 Å². The van der Waals surface area contributed by atoms with Gasteiger partial charge >= 0.3 is 0 Å². The Bertz CT molecular complexity index is 1040. The number of rotatable bonds is 9. The number of nitrogens with one attached hydrogen (secondary N) is 1. The summed E-state index contributed by atoms with van der Waals surface area (Å²) in [7, 11) is -3.68. The summed E-state index contributed by atoms with van der Waals surface area (Å²) in [6, 6.07) is 20.2. The monoisotopic (exact) mass is 425 g/mol. The molecule has 3 aromatic rings. The Labute approximate surface area is 178 Å². The highest BCUT2D eigenvalue weighted by Gasteiger charge is 2.23. The molecule has 0 spiro atoms. The molecule has 0 bridgehead atoms. The molecule has 0 fully saturated rings. The van der Waals surface area contributed by atoms with E-state index in [0.29, 0.717) is 24.7 Å². The lowest BCUT2D eigenvalue weighted by atomic mass is 10.1. The summed E-state index contributed by atoms with van der Waals surface area (Å²) in [6.07, 6.45) is 1.40. The van der Waals surface area contributed by atoms with Crippen LogP contribution in [0.5, 0.6) is 5.75 Å². The van der Waals surface area contributed by atoms with E-state index in [1.54, 1.807) is 24.3 Å². The number of anilines is 2. The minimum absolute atomic E-state index is 0.00657. The molecule has 2 aromatic carbocycles. The van der Waals surface area contributed by atoms with Crippen LogP contribution in [0.2, 0.25) is 0 Å². The van der Waals surface area contributed by atoms with Gasteiger partial charge in [-0.15, -0.1) is 0 Å². The largest absolute Gasteiger partial charge is 0.494 e. The van der Waals surface area contributed by atoms with Crippen molar-refractivity contribution in [1.29, 1.82) is 0 Å². The highest BCUT2D eigenvalue weighted by Crippen LogP contribution is 2.25. The van der Waals surface area contributed by atoms with E-state index >= 15 is 0 Å². The van der Waals surface area contributed by atoms with E-state index in [4.69, 9.17) is 4.74 Å². The first-order chi connectivity index (χ1) is 14.5. The fourth-order valence-corrected chi connectivity index (χ4v) is 4.58. The smallest absolute Gasteiger partial charge is 0.265 e. The molecule has 1 N–H and O–H groups in total. The third kappa shape index (κ3) is 4.91. The van der Waals surface area contributed by atoms with Gasteiger partial charge in [-0.1, -0.05) is 30.3 Å². The molecule has 1 heterocycles. The zero-order valence-electron chi connectivity index (χ0n) is 17.4. The Hall–Kier alpha value is -3.06. The van der Waals surface area contributed by atoms with Gasteiger partial charge in [0.15, 0.2) is 0 Å². The molecular formula is C23H27N3O3S. The highest BCUT2D eigenvalue weighted by molar-refractivity contribution is 7.92. The molecule has 0 aliphatic rings. The number of hydrogen-bond donors (Lipinski definition) is 1. The minimum atomic E-state index is -3.68. The van der Waals surface area contributed by atoms with Gasteiger partial charge in [-0.05, 0) is 62.7 Å². The lowest BCUT2D eigenvalue weighted by Gasteiger charge is -2.23. The van der Waals surface area contributed by atoms with E-state index in [2.05, 4.69) is 10.3 Å². The number of sulfonamides is 1. The SMILES string of the molecule is CCOc1ccc(C(C)Nc2ccc(S(=O)(=O)N(CC)c3ccccc3)cn2)cc1. The lowest BCUT2D eigenvalue weighted by Crippen LogP contribution is -2.30. The van der Waals surface area contributed by atoms with Crippen molar-refractivity contribution < 1.29 is 13.2 Å². The number of para-hydroxylation sites is 1. The van der Waals surface area contributed by atoms with Crippen molar-refractivity contribution in [2.45, 2.75) is 31.7 Å². The lowest BCUT2D eigenvalue weighted by molar-refractivity contribution is 0.340. The van der Waals surface area contributed by atoms with E-state index in [9.17, 15) is 8.42 Å². The van der Waals surface area contributed by atoms with E-state index in [-0.39, 0.29) is 10.9 Å². The number of hydrogen-bond acceptors (Lipinski definition) is 5. The van der Waals surface area contributed by atoms with Gasteiger partial charge in [0.2, 0.25) is 0 Å². The van der Waals surface area contributed by atoms with Crippen LogP contribution in [0, 0.1) is 0 Å². The van der Waals surface area contributed by atoms with E-state index in [1.165, 1.54) is 10.5 Å². The molecule has 0 saturated heterocycles. The predicted molar refractivity (Wildman–Crippen MR) is 121 cm³/mol. The Morgan fingerprint density at radius 2 is 1.70 bits per heavy atom. The van der Waals surface area contributed by atoms with Crippen LogP contribution in [-0.2, 0) is 10.0 Å². The van der Waals surface area contributed by atoms with Crippen LogP contribution < -0.4 is 14.4 Å². The maximum Gasteiger partial charge on any atom is 0.265 e. The summed E-state index contributed by atoms with van der Waals surface area (Å²) in [5.41, 5.74) is 1.71. The van der Waals surface area contributed by atoms with Crippen LogP contribution in [0.3, 0.4) is 0 Å². The van der Waals surface area contributed by atoms with Gasteiger partial charge in [-0.3, -0.25) is 4.31 Å². The van der Waals surface area contributed by atoms with Gasteiger partial charge in [-0.2, -0.15) is 0 Å². The van der Waals surface area contributed by atoms with Crippen LogP contribution in [0.25, 0.3) is 0 Å².